The minimum Gasteiger partial charge on any atom is -0.508 e. The fourth-order valence-corrected chi connectivity index (χ4v) is 1.13. The predicted octanol–water partition coefficient (Wildman–Crippen LogP) is -0.178. The summed E-state index contributed by atoms with van der Waals surface area (Å²) < 4.78 is 0. The van der Waals surface area contributed by atoms with Crippen LogP contribution in [0.5, 0.6) is 5.75 Å². The van der Waals surface area contributed by atoms with Crippen molar-refractivity contribution in [3.05, 3.63) is 29.8 Å². The molecule has 4 N–H and O–H groups in total. The third kappa shape index (κ3) is 2.83. The fraction of sp³-hybridized carbons (Fsp3) is 0.300. The minimum atomic E-state index is -1.14. The third-order valence-electron chi connectivity index (χ3n) is 1.99. The predicted molar refractivity (Wildman–Crippen MR) is 51.9 cm³/mol. The van der Waals surface area contributed by atoms with Gasteiger partial charge in [0.05, 0.1) is 0 Å². The summed E-state index contributed by atoms with van der Waals surface area (Å²) in [6, 6.07) is 5.88. The van der Waals surface area contributed by atoms with E-state index in [1.807, 2.05) is 0 Å². The number of carbonyl (C=O) groups excluding carboxylic acids is 1. The topological polar surface area (TPSA) is 83.6 Å². The van der Waals surface area contributed by atoms with E-state index in [4.69, 9.17) is 15.9 Å². The van der Waals surface area contributed by atoms with Gasteiger partial charge < -0.3 is 20.7 Å². The molecule has 0 radical (unpaired) electrons. The first kappa shape index (κ1) is 10.7. The molecule has 0 bridgehead atoms. The van der Waals surface area contributed by atoms with Gasteiger partial charge in [0, 0.05) is 6.04 Å². The average molecular weight is 195 g/mol. The standard InChI is InChI=1S/C10H13NO3/c11-9(10(14)6-12)5-7-1-3-8(13)4-2-7/h1-4,6,9-10,13-14H,5,11H2/t9-,10?/m0/s1. The second-order valence-electron chi connectivity index (χ2n) is 3.16. The van der Waals surface area contributed by atoms with Gasteiger partial charge in [0.2, 0.25) is 0 Å². The number of rotatable bonds is 4. The summed E-state index contributed by atoms with van der Waals surface area (Å²) in [5, 5.41) is 18.1. The number of aliphatic hydroxyl groups is 1. The third-order valence-corrected chi connectivity index (χ3v) is 1.99. The molecule has 0 spiro atoms. The van der Waals surface area contributed by atoms with Gasteiger partial charge in [-0.15, -0.1) is 0 Å². The molecular weight excluding hydrogens is 182 g/mol. The second kappa shape index (κ2) is 4.74. The van der Waals surface area contributed by atoms with Crippen LogP contribution in [0.3, 0.4) is 0 Å². The van der Waals surface area contributed by atoms with Crippen molar-refractivity contribution in [2.75, 3.05) is 0 Å². The van der Waals surface area contributed by atoms with Gasteiger partial charge in [-0.2, -0.15) is 0 Å². The van der Waals surface area contributed by atoms with Gasteiger partial charge in [-0.25, -0.2) is 0 Å². The molecule has 0 heterocycles. The Hall–Kier alpha value is -1.39. The molecule has 0 amide bonds. The first-order chi connectivity index (χ1) is 6.63. The van der Waals surface area contributed by atoms with Crippen LogP contribution in [0, 0.1) is 0 Å². The van der Waals surface area contributed by atoms with Crippen molar-refractivity contribution in [1.29, 1.82) is 0 Å². The van der Waals surface area contributed by atoms with Gasteiger partial charge in [0.25, 0.3) is 0 Å². The van der Waals surface area contributed by atoms with Gasteiger partial charge >= 0.3 is 0 Å². The largest absolute Gasteiger partial charge is 0.508 e. The Kier molecular flexibility index (Phi) is 3.62. The van der Waals surface area contributed by atoms with Crippen LogP contribution in [-0.4, -0.2) is 28.6 Å². The zero-order valence-electron chi connectivity index (χ0n) is 7.63. The summed E-state index contributed by atoms with van der Waals surface area (Å²) >= 11 is 0. The van der Waals surface area contributed by atoms with E-state index < -0.39 is 12.1 Å². The summed E-state index contributed by atoms with van der Waals surface area (Å²) in [5.41, 5.74) is 6.43. The summed E-state index contributed by atoms with van der Waals surface area (Å²) in [6.07, 6.45) is -0.311. The molecule has 0 aliphatic heterocycles. The van der Waals surface area contributed by atoms with Crippen LogP contribution in [0.15, 0.2) is 24.3 Å². The first-order valence-electron chi connectivity index (χ1n) is 4.30. The van der Waals surface area contributed by atoms with Gasteiger partial charge in [0.15, 0.2) is 0 Å². The number of aliphatic hydroxyl groups excluding tert-OH is 1. The molecule has 1 rings (SSSR count). The number of phenols is 1. The molecule has 0 saturated heterocycles. The molecule has 1 unspecified atom stereocenters. The zero-order valence-corrected chi connectivity index (χ0v) is 7.63. The molecule has 76 valence electrons. The van der Waals surface area contributed by atoms with Crippen LogP contribution in [-0.2, 0) is 11.2 Å². The first-order valence-corrected chi connectivity index (χ1v) is 4.30. The van der Waals surface area contributed by atoms with E-state index in [1.54, 1.807) is 12.1 Å². The second-order valence-corrected chi connectivity index (χ2v) is 3.16. The lowest BCUT2D eigenvalue weighted by atomic mass is 10.0. The fourth-order valence-electron chi connectivity index (χ4n) is 1.13. The average Bonchev–Trinajstić information content (AvgIpc) is 2.20. The van der Waals surface area contributed by atoms with Crippen molar-refractivity contribution < 1.29 is 15.0 Å². The van der Waals surface area contributed by atoms with Crippen molar-refractivity contribution in [2.24, 2.45) is 5.73 Å². The van der Waals surface area contributed by atoms with Crippen LogP contribution >= 0.6 is 0 Å². The van der Waals surface area contributed by atoms with Crippen molar-refractivity contribution in [3.63, 3.8) is 0 Å². The van der Waals surface area contributed by atoms with Crippen LogP contribution < -0.4 is 5.73 Å². The van der Waals surface area contributed by atoms with Gasteiger partial charge in [0.1, 0.15) is 18.1 Å². The van der Waals surface area contributed by atoms with Gasteiger partial charge in [-0.3, -0.25) is 0 Å². The number of hydrogen-bond donors (Lipinski definition) is 3. The van der Waals surface area contributed by atoms with E-state index in [0.717, 1.165) is 5.56 Å². The number of nitrogens with two attached hydrogens (primary N) is 1. The highest BCUT2D eigenvalue weighted by Gasteiger charge is 2.13. The molecule has 0 aromatic heterocycles. The van der Waals surface area contributed by atoms with Gasteiger partial charge in [-0.1, -0.05) is 12.1 Å². The normalized spacial score (nSPS) is 14.7. The lowest BCUT2D eigenvalue weighted by Crippen LogP contribution is -2.37. The van der Waals surface area contributed by atoms with Crippen LogP contribution in [0.4, 0.5) is 0 Å². The monoisotopic (exact) mass is 195 g/mol. The number of benzene rings is 1. The summed E-state index contributed by atoms with van der Waals surface area (Å²) in [6.45, 7) is 0. The Morgan fingerprint density at radius 1 is 1.36 bits per heavy atom. The van der Waals surface area contributed by atoms with Crippen LogP contribution in [0.1, 0.15) is 5.56 Å². The van der Waals surface area contributed by atoms with Crippen LogP contribution in [0.2, 0.25) is 0 Å². The number of aromatic hydroxyl groups is 1. The maximum Gasteiger partial charge on any atom is 0.150 e. The van der Waals surface area contributed by atoms with E-state index in [-0.39, 0.29) is 5.75 Å². The molecule has 1 aromatic rings. The highest BCUT2D eigenvalue weighted by molar-refractivity contribution is 5.57. The van der Waals surface area contributed by atoms with Crippen molar-refractivity contribution in [1.82, 2.24) is 0 Å². The maximum absolute atomic E-state index is 10.2. The van der Waals surface area contributed by atoms with Crippen molar-refractivity contribution in [2.45, 2.75) is 18.6 Å². The number of phenolic OH excluding ortho intramolecular Hbond substituents is 1. The molecule has 1 aromatic carbocycles. The number of carbonyl (C=O) groups is 1. The van der Waals surface area contributed by atoms with E-state index in [1.165, 1.54) is 12.1 Å². The van der Waals surface area contributed by atoms with E-state index >= 15 is 0 Å². The minimum absolute atomic E-state index is 0.179. The smallest absolute Gasteiger partial charge is 0.150 e. The van der Waals surface area contributed by atoms with E-state index in [0.29, 0.717) is 12.7 Å². The summed E-state index contributed by atoms with van der Waals surface area (Å²) in [7, 11) is 0. The summed E-state index contributed by atoms with van der Waals surface area (Å²) in [5.74, 6) is 0.179. The Morgan fingerprint density at radius 3 is 2.43 bits per heavy atom. The molecule has 0 saturated carbocycles. The Balaban J connectivity index is 2.60. The maximum atomic E-state index is 10.2. The molecular formula is C10H13NO3. The Bertz CT molecular complexity index is 297. The molecule has 0 fully saturated rings. The highest BCUT2D eigenvalue weighted by atomic mass is 16.3. The summed E-state index contributed by atoms with van der Waals surface area (Å²) in [4.78, 5) is 10.2. The highest BCUT2D eigenvalue weighted by Crippen LogP contribution is 2.11. The Morgan fingerprint density at radius 2 is 1.93 bits per heavy atom. The van der Waals surface area contributed by atoms with Crippen molar-refractivity contribution >= 4 is 6.29 Å². The molecule has 14 heavy (non-hydrogen) atoms. The lowest BCUT2D eigenvalue weighted by Gasteiger charge is -2.13. The van der Waals surface area contributed by atoms with Gasteiger partial charge in [-0.05, 0) is 24.1 Å². The number of aldehydes is 1. The Labute approximate surface area is 82.0 Å². The number of hydrogen-bond acceptors (Lipinski definition) is 4. The molecule has 4 nitrogen and oxygen atoms in total. The molecule has 0 aliphatic rings. The zero-order chi connectivity index (χ0) is 10.6. The lowest BCUT2D eigenvalue weighted by molar-refractivity contribution is -0.115. The quantitative estimate of drug-likeness (QED) is 0.582. The van der Waals surface area contributed by atoms with Crippen molar-refractivity contribution in [3.8, 4) is 5.75 Å². The molecule has 0 aliphatic carbocycles. The van der Waals surface area contributed by atoms with Crippen LogP contribution in [0.25, 0.3) is 0 Å². The van der Waals surface area contributed by atoms with E-state index in [9.17, 15) is 4.79 Å². The van der Waals surface area contributed by atoms with E-state index in [2.05, 4.69) is 0 Å². The molecule has 4 heteroatoms. The molecule has 2 atom stereocenters. The SMILES string of the molecule is N[C@@H](Cc1ccc(O)cc1)C(O)C=O.